The maximum absolute atomic E-state index is 12.8. The summed E-state index contributed by atoms with van der Waals surface area (Å²) >= 11 is 0. The normalized spacial score (nSPS) is 13.3. The Morgan fingerprint density at radius 3 is 1.68 bits per heavy atom. The molecular weight excluding hydrogens is 370 g/mol. The van der Waals surface area contributed by atoms with Crippen LogP contribution in [0.1, 0.15) is 37.0 Å². The van der Waals surface area contributed by atoms with Gasteiger partial charge in [0.05, 0.1) is 11.1 Å². The van der Waals surface area contributed by atoms with E-state index in [1.54, 1.807) is 13.8 Å². The Balaban J connectivity index is 2.94. The molecule has 0 bridgehead atoms. The Kier molecular flexibility index (Phi) is 7.48. The summed E-state index contributed by atoms with van der Waals surface area (Å²) in [4.78, 5) is 10.2. The predicted octanol–water partition coefficient (Wildman–Crippen LogP) is 4.66. The molecule has 0 radical (unpaired) electrons. The van der Waals surface area contributed by atoms with Gasteiger partial charge < -0.3 is 13.6 Å². The van der Waals surface area contributed by atoms with E-state index in [2.05, 4.69) is 0 Å². The highest BCUT2D eigenvalue weighted by atomic mass is 28.4. The van der Waals surface area contributed by atoms with E-state index in [0.717, 1.165) is 0 Å². The van der Waals surface area contributed by atoms with E-state index in [-0.39, 0.29) is 43.7 Å². The largest absolute Gasteiger partial charge is 0.498 e. The van der Waals surface area contributed by atoms with Gasteiger partial charge in [-0.05, 0) is 50.5 Å². The summed E-state index contributed by atoms with van der Waals surface area (Å²) < 4.78 is 87.2. The van der Waals surface area contributed by atoms with Crippen molar-refractivity contribution in [3.63, 3.8) is 0 Å². The molecule has 0 aromatic heterocycles. The van der Waals surface area contributed by atoms with E-state index in [9.17, 15) is 31.1 Å². The van der Waals surface area contributed by atoms with Crippen LogP contribution in [0, 0.1) is 0 Å². The Morgan fingerprint density at radius 2 is 1.32 bits per heavy atom. The van der Waals surface area contributed by atoms with Crippen LogP contribution in [0.5, 0.6) is 0 Å². The highest BCUT2D eigenvalue weighted by Crippen LogP contribution is 2.36. The second-order valence-electron chi connectivity index (χ2n) is 5.35. The van der Waals surface area contributed by atoms with Gasteiger partial charge in [-0.1, -0.05) is 0 Å². The molecule has 3 nitrogen and oxygen atoms in total. The van der Waals surface area contributed by atoms with E-state index < -0.39 is 32.3 Å². The zero-order chi connectivity index (χ0) is 19.3. The molecule has 0 heterocycles. The summed E-state index contributed by atoms with van der Waals surface area (Å²) in [6.45, 7) is 3.70. The van der Waals surface area contributed by atoms with Crippen molar-refractivity contribution in [2.45, 2.75) is 45.1 Å². The van der Waals surface area contributed by atoms with Crippen LogP contribution in [0.3, 0.4) is 0 Å². The topological polar surface area (TPSA) is 38.7 Å². The molecule has 0 amide bonds. The Morgan fingerprint density at radius 1 is 0.880 bits per heavy atom. The van der Waals surface area contributed by atoms with Gasteiger partial charge in [-0.25, -0.2) is 0 Å². The van der Waals surface area contributed by atoms with Crippen LogP contribution >= 0.6 is 0 Å². The molecule has 10 heteroatoms. The molecule has 1 N–H and O–H groups in total. The predicted molar refractivity (Wildman–Crippen MR) is 80.8 cm³/mol. The van der Waals surface area contributed by atoms with Crippen LogP contribution in [0.15, 0.2) is 18.2 Å². The molecule has 144 valence electrons. The van der Waals surface area contributed by atoms with Crippen LogP contribution in [0.4, 0.5) is 26.3 Å². The van der Waals surface area contributed by atoms with E-state index in [0.29, 0.717) is 12.1 Å². The molecule has 0 aliphatic heterocycles. The molecule has 1 rings (SSSR count). The lowest BCUT2D eigenvalue weighted by atomic mass is 10.0. The zero-order valence-electron chi connectivity index (χ0n) is 13.8. The number of alkyl halides is 6. The summed E-state index contributed by atoms with van der Waals surface area (Å²) in [5, 5.41) is 0. The maximum atomic E-state index is 12.8. The minimum atomic E-state index is -4.87. The molecule has 0 fully saturated rings. The van der Waals surface area contributed by atoms with Gasteiger partial charge in [0.1, 0.15) is 0 Å². The first kappa shape index (κ1) is 21.9. The van der Waals surface area contributed by atoms with Gasteiger partial charge in [0.2, 0.25) is 0 Å². The van der Waals surface area contributed by atoms with Crippen LogP contribution < -0.4 is 0 Å². The number of hydrogen-bond donors (Lipinski definition) is 1. The third kappa shape index (κ3) is 6.96. The van der Waals surface area contributed by atoms with Crippen molar-refractivity contribution < 1.29 is 40.0 Å². The first-order chi connectivity index (χ1) is 11.4. The molecule has 1 aromatic rings. The van der Waals surface area contributed by atoms with Crippen LogP contribution in [0.2, 0.25) is 6.04 Å². The van der Waals surface area contributed by atoms with Crippen molar-refractivity contribution in [2.75, 3.05) is 13.2 Å². The average molecular weight is 390 g/mol. The molecule has 0 saturated heterocycles. The second kappa shape index (κ2) is 8.52. The van der Waals surface area contributed by atoms with Gasteiger partial charge in [-0.3, -0.25) is 0 Å². The minimum Gasteiger partial charge on any atom is -0.390 e. The standard InChI is InChI=1S/C15H20F6O3Si/c1-3-23-25(22,24-4-2)7-5-6-11-8-12(14(16,17)18)10-13(9-11)15(19,20)21/h8-10,22H,3-7H2,1-2H3. The summed E-state index contributed by atoms with van der Waals surface area (Å²) in [5.41, 5.74) is -2.80. The Hall–Kier alpha value is -1.10. The third-order valence-corrected chi connectivity index (χ3v) is 5.81. The quantitative estimate of drug-likeness (QED) is 0.518. The summed E-state index contributed by atoms with van der Waals surface area (Å²) in [5.74, 6) is 0. The Bertz CT molecular complexity index is 521. The maximum Gasteiger partial charge on any atom is 0.498 e. The number of benzene rings is 1. The van der Waals surface area contributed by atoms with Crippen LogP contribution in [-0.4, -0.2) is 26.8 Å². The highest BCUT2D eigenvalue weighted by molar-refractivity contribution is 6.59. The lowest BCUT2D eigenvalue weighted by Gasteiger charge is -2.23. The molecule has 0 spiro atoms. The molecule has 0 atom stereocenters. The molecule has 0 aliphatic carbocycles. The second-order valence-corrected chi connectivity index (χ2v) is 7.85. The average Bonchev–Trinajstić information content (AvgIpc) is 2.45. The smallest absolute Gasteiger partial charge is 0.390 e. The van der Waals surface area contributed by atoms with E-state index in [1.165, 1.54) is 0 Å². The molecular formula is C15H20F6O3Si. The summed E-state index contributed by atoms with van der Waals surface area (Å²) in [6, 6.07) is 1.52. The first-order valence-corrected chi connectivity index (χ1v) is 9.67. The lowest BCUT2D eigenvalue weighted by molar-refractivity contribution is -0.143. The van der Waals surface area contributed by atoms with Gasteiger partial charge >= 0.3 is 21.2 Å². The SMILES string of the molecule is CCO[Si](O)(CCCc1cc(C(F)(F)F)cc(C(F)(F)F)c1)OCC. The number of rotatable bonds is 8. The van der Waals surface area contributed by atoms with Gasteiger partial charge in [0, 0.05) is 19.3 Å². The van der Waals surface area contributed by atoms with Crippen LogP contribution in [0.25, 0.3) is 0 Å². The van der Waals surface area contributed by atoms with Gasteiger partial charge in [0.15, 0.2) is 0 Å². The first-order valence-electron chi connectivity index (χ1n) is 7.70. The van der Waals surface area contributed by atoms with E-state index in [4.69, 9.17) is 8.85 Å². The van der Waals surface area contributed by atoms with Crippen molar-refractivity contribution in [3.8, 4) is 0 Å². The molecule has 0 unspecified atom stereocenters. The monoisotopic (exact) mass is 390 g/mol. The van der Waals surface area contributed by atoms with Crippen molar-refractivity contribution in [1.29, 1.82) is 0 Å². The fourth-order valence-electron chi connectivity index (χ4n) is 2.32. The Labute approximate surface area is 142 Å². The fourth-order valence-corrected chi connectivity index (χ4v) is 4.21. The van der Waals surface area contributed by atoms with E-state index in [1.807, 2.05) is 0 Å². The van der Waals surface area contributed by atoms with Gasteiger partial charge in [0.25, 0.3) is 0 Å². The molecule has 25 heavy (non-hydrogen) atoms. The zero-order valence-corrected chi connectivity index (χ0v) is 14.8. The third-order valence-electron chi connectivity index (χ3n) is 3.35. The number of aryl methyl sites for hydroxylation is 1. The van der Waals surface area contributed by atoms with Crippen molar-refractivity contribution in [1.82, 2.24) is 0 Å². The molecule has 1 aromatic carbocycles. The minimum absolute atomic E-state index is 0.0479. The number of halogens is 6. The van der Waals surface area contributed by atoms with Crippen molar-refractivity contribution >= 4 is 8.80 Å². The highest BCUT2D eigenvalue weighted by Gasteiger charge is 2.38. The summed E-state index contributed by atoms with van der Waals surface area (Å²) in [6.07, 6.45) is -9.67. The lowest BCUT2D eigenvalue weighted by Crippen LogP contribution is -2.42. The van der Waals surface area contributed by atoms with Crippen molar-refractivity contribution in [2.24, 2.45) is 0 Å². The summed E-state index contributed by atoms with van der Waals surface area (Å²) in [7, 11) is -3.45. The number of hydrogen-bond acceptors (Lipinski definition) is 3. The van der Waals surface area contributed by atoms with Crippen LogP contribution in [-0.2, 0) is 27.6 Å². The molecule has 0 saturated carbocycles. The van der Waals surface area contributed by atoms with Gasteiger partial charge in [-0.15, -0.1) is 0 Å². The van der Waals surface area contributed by atoms with Gasteiger partial charge in [-0.2, -0.15) is 26.3 Å². The molecule has 0 aliphatic rings. The fraction of sp³-hybridized carbons (Fsp3) is 0.600. The van der Waals surface area contributed by atoms with Crippen molar-refractivity contribution in [3.05, 3.63) is 34.9 Å². The van der Waals surface area contributed by atoms with E-state index >= 15 is 0 Å².